The number of benzene rings is 1. The van der Waals surface area contributed by atoms with Gasteiger partial charge in [0.1, 0.15) is 6.61 Å². The van der Waals surface area contributed by atoms with Crippen LogP contribution in [0.3, 0.4) is 0 Å². The van der Waals surface area contributed by atoms with Crippen LogP contribution in [0.4, 0.5) is 4.79 Å². The van der Waals surface area contributed by atoms with E-state index in [0.717, 1.165) is 38.2 Å². The van der Waals surface area contributed by atoms with Crippen molar-refractivity contribution in [1.82, 2.24) is 10.2 Å². The minimum atomic E-state index is -0.156. The Morgan fingerprint density at radius 2 is 1.83 bits per heavy atom. The van der Waals surface area contributed by atoms with Gasteiger partial charge in [0.15, 0.2) is 0 Å². The van der Waals surface area contributed by atoms with E-state index in [-0.39, 0.29) is 30.9 Å². The number of carbonyl (C=O) groups excluding carboxylic acids is 1. The van der Waals surface area contributed by atoms with Crippen molar-refractivity contribution in [3.8, 4) is 0 Å². The van der Waals surface area contributed by atoms with Gasteiger partial charge in [-0.1, -0.05) is 30.3 Å². The molecule has 2 heterocycles. The average Bonchev–Trinajstić information content (AvgIpc) is 2.54. The van der Waals surface area contributed by atoms with Crippen LogP contribution in [0.15, 0.2) is 30.3 Å². The van der Waals surface area contributed by atoms with E-state index in [1.165, 1.54) is 19.3 Å². The Balaban J connectivity index is 0.00000132. The zero-order valence-corrected chi connectivity index (χ0v) is 15.0. The van der Waals surface area contributed by atoms with Crippen LogP contribution in [0.1, 0.15) is 31.2 Å². The summed E-state index contributed by atoms with van der Waals surface area (Å²) in [7, 11) is 0. The molecule has 1 aromatic rings. The van der Waals surface area contributed by atoms with Gasteiger partial charge in [0.2, 0.25) is 0 Å². The molecule has 2 fully saturated rings. The number of nitrogens with zero attached hydrogens (tertiary/aromatic N) is 1. The molecule has 23 heavy (non-hydrogen) atoms. The first-order chi connectivity index (χ1) is 10.3. The SMILES string of the molecule is Cl.Cl.O=C(OCc1ccccc1)N1CCCC2(CCNCC2)C1. The van der Waals surface area contributed by atoms with Gasteiger partial charge in [-0.05, 0) is 49.8 Å². The molecule has 0 bridgehead atoms. The maximum atomic E-state index is 12.3. The summed E-state index contributed by atoms with van der Waals surface area (Å²) in [5, 5.41) is 3.41. The Morgan fingerprint density at radius 1 is 1.13 bits per heavy atom. The predicted octanol–water partition coefficient (Wildman–Crippen LogP) is 3.63. The number of piperidine rings is 2. The van der Waals surface area contributed by atoms with Crippen molar-refractivity contribution in [2.24, 2.45) is 5.41 Å². The van der Waals surface area contributed by atoms with Gasteiger partial charge >= 0.3 is 6.09 Å². The van der Waals surface area contributed by atoms with E-state index in [1.54, 1.807) is 0 Å². The first kappa shape index (κ1) is 20.1. The van der Waals surface area contributed by atoms with Crippen LogP contribution in [-0.2, 0) is 11.3 Å². The first-order valence-corrected chi connectivity index (χ1v) is 7.94. The molecule has 1 N–H and O–H groups in total. The van der Waals surface area contributed by atoms with Crippen molar-refractivity contribution in [1.29, 1.82) is 0 Å². The van der Waals surface area contributed by atoms with Gasteiger partial charge in [-0.25, -0.2) is 4.79 Å². The molecular weight excluding hydrogens is 335 g/mol. The predicted molar refractivity (Wildman–Crippen MR) is 96.5 cm³/mol. The van der Waals surface area contributed by atoms with Gasteiger partial charge in [0.05, 0.1) is 0 Å². The third-order valence-electron chi connectivity index (χ3n) is 4.79. The third kappa shape index (κ3) is 5.27. The van der Waals surface area contributed by atoms with E-state index in [0.29, 0.717) is 12.0 Å². The van der Waals surface area contributed by atoms with E-state index >= 15 is 0 Å². The molecule has 0 atom stereocenters. The largest absolute Gasteiger partial charge is 0.445 e. The molecule has 6 heteroatoms. The highest BCUT2D eigenvalue weighted by atomic mass is 35.5. The number of hydrogen-bond donors (Lipinski definition) is 1. The summed E-state index contributed by atoms with van der Waals surface area (Å²) < 4.78 is 5.47. The summed E-state index contributed by atoms with van der Waals surface area (Å²) in [5.41, 5.74) is 1.37. The Morgan fingerprint density at radius 3 is 2.52 bits per heavy atom. The third-order valence-corrected chi connectivity index (χ3v) is 4.79. The molecule has 0 radical (unpaired) electrons. The molecule has 0 unspecified atom stereocenters. The number of amides is 1. The van der Waals surface area contributed by atoms with Crippen LogP contribution < -0.4 is 5.32 Å². The summed E-state index contributed by atoms with van der Waals surface area (Å²) in [6.07, 6.45) is 4.54. The van der Waals surface area contributed by atoms with Gasteiger partial charge in [0, 0.05) is 13.1 Å². The van der Waals surface area contributed by atoms with Crippen LogP contribution in [0, 0.1) is 5.41 Å². The lowest BCUT2D eigenvalue weighted by molar-refractivity contribution is 0.0375. The zero-order chi connectivity index (χ0) is 14.5. The average molecular weight is 361 g/mol. The van der Waals surface area contributed by atoms with E-state index in [2.05, 4.69) is 5.32 Å². The summed E-state index contributed by atoms with van der Waals surface area (Å²) in [6.45, 7) is 4.22. The lowest BCUT2D eigenvalue weighted by Gasteiger charge is -2.44. The van der Waals surface area contributed by atoms with Crippen LogP contribution >= 0.6 is 24.8 Å². The topological polar surface area (TPSA) is 41.6 Å². The Kier molecular flexibility index (Phi) is 8.17. The number of rotatable bonds is 2. The number of likely N-dealkylation sites (tertiary alicyclic amines) is 1. The molecule has 2 saturated heterocycles. The van der Waals surface area contributed by atoms with E-state index < -0.39 is 0 Å². The molecule has 0 saturated carbocycles. The molecule has 1 spiro atoms. The zero-order valence-electron chi connectivity index (χ0n) is 13.3. The highest BCUT2D eigenvalue weighted by Gasteiger charge is 2.38. The second-order valence-corrected chi connectivity index (χ2v) is 6.32. The molecule has 0 aromatic heterocycles. The Labute approximate surface area is 150 Å². The molecule has 3 rings (SSSR count). The first-order valence-electron chi connectivity index (χ1n) is 7.94. The maximum absolute atomic E-state index is 12.3. The summed E-state index contributed by atoms with van der Waals surface area (Å²) in [5.74, 6) is 0. The number of nitrogens with one attached hydrogen (secondary N) is 1. The molecule has 2 aliphatic heterocycles. The molecule has 0 aliphatic carbocycles. The van der Waals surface area contributed by atoms with E-state index in [9.17, 15) is 4.79 Å². The lowest BCUT2D eigenvalue weighted by atomic mass is 9.73. The Bertz CT molecular complexity index is 473. The van der Waals surface area contributed by atoms with Crippen molar-refractivity contribution in [3.63, 3.8) is 0 Å². The van der Waals surface area contributed by atoms with E-state index in [4.69, 9.17) is 4.74 Å². The highest BCUT2D eigenvalue weighted by molar-refractivity contribution is 5.85. The van der Waals surface area contributed by atoms with Crippen molar-refractivity contribution in [3.05, 3.63) is 35.9 Å². The normalized spacial score (nSPS) is 19.4. The molecule has 130 valence electrons. The van der Waals surface area contributed by atoms with Gasteiger partial charge in [-0.15, -0.1) is 24.8 Å². The quantitative estimate of drug-likeness (QED) is 0.875. The Hall–Kier alpha value is -0.970. The van der Waals surface area contributed by atoms with Crippen LogP contribution in [0.2, 0.25) is 0 Å². The summed E-state index contributed by atoms with van der Waals surface area (Å²) in [6, 6.07) is 9.87. The highest BCUT2D eigenvalue weighted by Crippen LogP contribution is 2.38. The minimum Gasteiger partial charge on any atom is -0.445 e. The molecule has 2 aliphatic rings. The van der Waals surface area contributed by atoms with Gasteiger partial charge in [-0.3, -0.25) is 0 Å². The van der Waals surface area contributed by atoms with Crippen LogP contribution in [0.25, 0.3) is 0 Å². The molecule has 4 nitrogen and oxygen atoms in total. The standard InChI is InChI=1S/C17H24N2O2.2ClH/c20-16(21-13-15-5-2-1-3-6-15)19-12-4-7-17(14-19)8-10-18-11-9-17;;/h1-3,5-6,18H,4,7-14H2;2*1H. The maximum Gasteiger partial charge on any atom is 0.410 e. The smallest absolute Gasteiger partial charge is 0.410 e. The number of ether oxygens (including phenoxy) is 1. The number of halogens is 2. The monoisotopic (exact) mass is 360 g/mol. The van der Waals surface area contributed by atoms with Crippen molar-refractivity contribution in [2.45, 2.75) is 32.3 Å². The summed E-state index contributed by atoms with van der Waals surface area (Å²) in [4.78, 5) is 14.2. The van der Waals surface area contributed by atoms with Crippen molar-refractivity contribution >= 4 is 30.9 Å². The summed E-state index contributed by atoms with van der Waals surface area (Å²) >= 11 is 0. The second-order valence-electron chi connectivity index (χ2n) is 6.32. The van der Waals surface area contributed by atoms with Crippen molar-refractivity contribution < 1.29 is 9.53 Å². The number of hydrogen-bond acceptors (Lipinski definition) is 3. The fraction of sp³-hybridized carbons (Fsp3) is 0.588. The fourth-order valence-electron chi connectivity index (χ4n) is 3.54. The van der Waals surface area contributed by atoms with Crippen LogP contribution in [0.5, 0.6) is 0 Å². The van der Waals surface area contributed by atoms with Gasteiger partial charge < -0.3 is 15.0 Å². The van der Waals surface area contributed by atoms with Crippen LogP contribution in [-0.4, -0.2) is 37.2 Å². The molecule has 1 aromatic carbocycles. The van der Waals surface area contributed by atoms with Gasteiger partial charge in [0.25, 0.3) is 0 Å². The number of carbonyl (C=O) groups is 1. The molecule has 1 amide bonds. The fourth-order valence-corrected chi connectivity index (χ4v) is 3.54. The second kappa shape index (κ2) is 9.36. The minimum absolute atomic E-state index is 0. The van der Waals surface area contributed by atoms with E-state index in [1.807, 2.05) is 35.2 Å². The lowest BCUT2D eigenvalue weighted by Crippen LogP contribution is -2.50. The van der Waals surface area contributed by atoms with Gasteiger partial charge in [-0.2, -0.15) is 0 Å². The molecular formula is C17H26Cl2N2O2. The van der Waals surface area contributed by atoms with Crippen molar-refractivity contribution in [2.75, 3.05) is 26.2 Å².